The smallest absolute Gasteiger partial charge is 0.397 e. The Morgan fingerprint density at radius 2 is 1.17 bits per heavy atom. The van der Waals surface area contributed by atoms with Crippen LogP contribution in [0.25, 0.3) is 0 Å². The van der Waals surface area contributed by atoms with Crippen LogP contribution in [0.3, 0.4) is 0 Å². The average Bonchev–Trinajstić information content (AvgIpc) is 3.20. The van der Waals surface area contributed by atoms with Crippen molar-refractivity contribution in [2.24, 2.45) is 0 Å². The first-order valence-electron chi connectivity index (χ1n) is 22.5. The van der Waals surface area contributed by atoms with Crippen LogP contribution in [-0.2, 0) is 38.3 Å². The van der Waals surface area contributed by atoms with E-state index in [9.17, 15) is 28.5 Å². The predicted octanol–water partition coefficient (Wildman–Crippen LogP) is 9.35. The Morgan fingerprint density at radius 1 is 0.661 bits per heavy atom. The number of aliphatic hydroxyl groups excluding tert-OH is 3. The summed E-state index contributed by atoms with van der Waals surface area (Å²) in [6.07, 6.45) is 37.1. The fraction of sp³-hybridized carbons (Fsp3) is 0.761. The molecule has 6 unspecified atom stereocenters. The molecule has 12 nitrogen and oxygen atoms in total. The van der Waals surface area contributed by atoms with Gasteiger partial charge in [-0.2, -0.15) is 8.42 Å². The molecular formula is C46H80O12S. The third-order valence-electron chi connectivity index (χ3n) is 9.89. The molecule has 0 saturated carbocycles. The first kappa shape index (κ1) is 54.8. The van der Waals surface area contributed by atoms with Crippen LogP contribution in [0.2, 0.25) is 0 Å². The zero-order valence-electron chi connectivity index (χ0n) is 36.3. The number of aliphatic hydroxyl groups is 3. The first-order chi connectivity index (χ1) is 28.6. The number of unbranched alkanes of at least 4 members (excludes halogenated alkanes) is 15. The molecule has 13 heteroatoms. The molecule has 1 aliphatic heterocycles. The highest BCUT2D eigenvalue weighted by Gasteiger charge is 2.48. The quantitative estimate of drug-likeness (QED) is 0.0201. The summed E-state index contributed by atoms with van der Waals surface area (Å²) in [4.78, 5) is 12.8. The number of allylic oxidation sites excluding steroid dienone is 10. The van der Waals surface area contributed by atoms with E-state index in [1.165, 1.54) is 89.9 Å². The van der Waals surface area contributed by atoms with Gasteiger partial charge < -0.3 is 34.3 Å². The van der Waals surface area contributed by atoms with Crippen LogP contribution in [0.1, 0.15) is 162 Å². The van der Waals surface area contributed by atoms with Gasteiger partial charge in [0, 0.05) is 13.0 Å². The van der Waals surface area contributed by atoms with E-state index in [0.717, 1.165) is 44.9 Å². The highest BCUT2D eigenvalue weighted by molar-refractivity contribution is 7.80. The van der Waals surface area contributed by atoms with E-state index in [1.807, 2.05) is 12.2 Å². The van der Waals surface area contributed by atoms with Crippen LogP contribution in [0.4, 0.5) is 0 Å². The topological polar surface area (TPSA) is 178 Å². The Balaban J connectivity index is 2.45. The number of hydrogen-bond donors (Lipinski definition) is 4. The van der Waals surface area contributed by atoms with E-state index >= 15 is 0 Å². The van der Waals surface area contributed by atoms with Crippen LogP contribution in [-0.4, -0.2) is 97.5 Å². The fourth-order valence-corrected chi connectivity index (χ4v) is 7.01. The van der Waals surface area contributed by atoms with Crippen molar-refractivity contribution in [1.82, 2.24) is 0 Å². The van der Waals surface area contributed by atoms with Crippen molar-refractivity contribution in [3.05, 3.63) is 60.8 Å². The summed E-state index contributed by atoms with van der Waals surface area (Å²) < 4.78 is 58.9. The first-order valence-corrected chi connectivity index (χ1v) is 23.9. The van der Waals surface area contributed by atoms with Gasteiger partial charge in [0.1, 0.15) is 30.5 Å². The molecule has 1 saturated heterocycles. The van der Waals surface area contributed by atoms with Crippen molar-refractivity contribution in [1.29, 1.82) is 0 Å². The zero-order chi connectivity index (χ0) is 43.2. The lowest BCUT2D eigenvalue weighted by atomic mass is 9.99. The maximum absolute atomic E-state index is 12.8. The molecule has 0 aromatic heterocycles. The molecule has 1 heterocycles. The molecule has 0 aromatic rings. The van der Waals surface area contributed by atoms with Gasteiger partial charge in [-0.05, 0) is 64.2 Å². The summed E-state index contributed by atoms with van der Waals surface area (Å²) in [5.41, 5.74) is 0. The third kappa shape index (κ3) is 31.3. The predicted molar refractivity (Wildman–Crippen MR) is 234 cm³/mol. The standard InChI is InChI=1S/C46H80O12S/c1-3-5-7-9-11-13-15-17-18-19-20-21-22-24-26-28-30-32-34-36-54-38-40(39-55-46-44(50)45(58-59(51,52)53)43(49)41(37-47)57-46)56-42(48)35-33-31-29-27-25-23-16-14-12-10-8-6-4-2/h6,8,12,14,18-19,23,25,29,31,40-41,43-47,49-50H,3-5,7,9-11,13,15-17,20-22,24,26-28,30,32-39H2,1-2H3,(H,51,52,53)/b8-6-,14-12-,19-18-,25-23-,31-29-. The molecule has 0 aromatic carbocycles. The van der Waals surface area contributed by atoms with E-state index in [2.05, 4.69) is 66.6 Å². The highest BCUT2D eigenvalue weighted by atomic mass is 32.3. The van der Waals surface area contributed by atoms with Gasteiger partial charge in [0.25, 0.3) is 0 Å². The van der Waals surface area contributed by atoms with E-state index in [-0.39, 0.29) is 19.6 Å². The molecular weight excluding hydrogens is 777 g/mol. The zero-order valence-corrected chi connectivity index (χ0v) is 37.1. The van der Waals surface area contributed by atoms with Crippen LogP contribution in [0, 0.1) is 0 Å². The Kier molecular flexibility index (Phi) is 34.9. The fourth-order valence-electron chi connectivity index (χ4n) is 6.50. The number of esters is 1. The number of carbonyl (C=O) groups excluding carboxylic acids is 1. The monoisotopic (exact) mass is 857 g/mol. The van der Waals surface area contributed by atoms with Gasteiger partial charge in [-0.1, -0.05) is 152 Å². The van der Waals surface area contributed by atoms with Crippen molar-refractivity contribution in [2.45, 2.75) is 198 Å². The summed E-state index contributed by atoms with van der Waals surface area (Å²) >= 11 is 0. The van der Waals surface area contributed by atoms with Crippen molar-refractivity contribution in [2.75, 3.05) is 26.4 Å². The number of carbonyl (C=O) groups is 1. The van der Waals surface area contributed by atoms with Crippen molar-refractivity contribution in [3.63, 3.8) is 0 Å². The summed E-state index contributed by atoms with van der Waals surface area (Å²) in [6.45, 7) is 3.76. The van der Waals surface area contributed by atoms with Crippen LogP contribution >= 0.6 is 0 Å². The Morgan fingerprint density at radius 3 is 1.71 bits per heavy atom. The SMILES string of the molecule is CC/C=C\C/C=C\C/C=C\C/C=C\CCC(=O)OC(COCCCCCCCCCC/C=C\CCCCCCCCC)COC1OC(CO)C(O)C(OS(=O)(=O)O)C1O. The lowest BCUT2D eigenvalue weighted by Crippen LogP contribution is -2.60. The summed E-state index contributed by atoms with van der Waals surface area (Å²) in [6, 6.07) is 0. The molecule has 0 radical (unpaired) electrons. The normalized spacial score (nSPS) is 20.9. The van der Waals surface area contributed by atoms with Crippen LogP contribution in [0.5, 0.6) is 0 Å². The molecule has 1 rings (SSSR count). The van der Waals surface area contributed by atoms with E-state index in [1.54, 1.807) is 0 Å². The minimum atomic E-state index is -5.07. The summed E-state index contributed by atoms with van der Waals surface area (Å²) in [5.74, 6) is -0.481. The average molecular weight is 857 g/mol. The van der Waals surface area contributed by atoms with Crippen LogP contribution in [0.15, 0.2) is 60.8 Å². The number of hydrogen-bond acceptors (Lipinski definition) is 11. The maximum Gasteiger partial charge on any atom is 0.397 e. The Bertz CT molecular complexity index is 1260. The largest absolute Gasteiger partial charge is 0.457 e. The molecule has 0 spiro atoms. The second-order valence-electron chi connectivity index (χ2n) is 15.3. The van der Waals surface area contributed by atoms with Crippen LogP contribution < -0.4 is 0 Å². The number of ether oxygens (including phenoxy) is 4. The van der Waals surface area contributed by atoms with E-state index in [4.69, 9.17) is 23.5 Å². The lowest BCUT2D eigenvalue weighted by Gasteiger charge is -2.41. The molecule has 4 N–H and O–H groups in total. The molecule has 59 heavy (non-hydrogen) atoms. The molecule has 0 amide bonds. The summed E-state index contributed by atoms with van der Waals surface area (Å²) in [7, 11) is -5.07. The van der Waals surface area contributed by atoms with Gasteiger partial charge >= 0.3 is 16.4 Å². The van der Waals surface area contributed by atoms with Crippen molar-refractivity contribution < 1.29 is 56.2 Å². The van der Waals surface area contributed by atoms with Gasteiger partial charge in [0.15, 0.2) is 6.29 Å². The second kappa shape index (κ2) is 37.6. The van der Waals surface area contributed by atoms with Gasteiger partial charge in [-0.3, -0.25) is 9.35 Å². The third-order valence-corrected chi connectivity index (χ3v) is 10.4. The van der Waals surface area contributed by atoms with Crippen molar-refractivity contribution in [3.8, 4) is 0 Å². The van der Waals surface area contributed by atoms with Crippen molar-refractivity contribution >= 4 is 16.4 Å². The Hall–Kier alpha value is -2.20. The van der Waals surface area contributed by atoms with E-state index < -0.39 is 59.8 Å². The van der Waals surface area contributed by atoms with E-state index in [0.29, 0.717) is 13.0 Å². The molecule has 1 aliphatic rings. The highest BCUT2D eigenvalue weighted by Crippen LogP contribution is 2.26. The Labute approximate surface area is 357 Å². The second-order valence-corrected chi connectivity index (χ2v) is 16.3. The molecule has 6 atom stereocenters. The van der Waals surface area contributed by atoms with Gasteiger partial charge in [-0.15, -0.1) is 0 Å². The molecule has 1 fully saturated rings. The molecule has 342 valence electrons. The number of rotatable bonds is 38. The molecule has 0 bridgehead atoms. The van der Waals surface area contributed by atoms with Gasteiger partial charge in [0.05, 0.1) is 19.8 Å². The lowest BCUT2D eigenvalue weighted by molar-refractivity contribution is -0.301. The minimum absolute atomic E-state index is 0.00300. The summed E-state index contributed by atoms with van der Waals surface area (Å²) in [5, 5.41) is 30.6. The maximum atomic E-state index is 12.8. The minimum Gasteiger partial charge on any atom is -0.457 e. The van der Waals surface area contributed by atoms with Gasteiger partial charge in [-0.25, -0.2) is 4.18 Å². The van der Waals surface area contributed by atoms with Gasteiger partial charge in [0.2, 0.25) is 0 Å². The molecule has 0 aliphatic carbocycles.